The molecule has 0 saturated heterocycles. The first kappa shape index (κ1) is 20.4. The second kappa shape index (κ2) is 8.64. The van der Waals surface area contributed by atoms with E-state index in [1.807, 2.05) is 0 Å². The van der Waals surface area contributed by atoms with Gasteiger partial charge in [0.2, 0.25) is 15.9 Å². The Morgan fingerprint density at radius 1 is 1.08 bits per heavy atom. The van der Waals surface area contributed by atoms with Gasteiger partial charge in [-0.2, -0.15) is 4.72 Å². The quantitative estimate of drug-likeness (QED) is 0.680. The Bertz CT molecular complexity index is 918. The minimum atomic E-state index is -3.65. The zero-order valence-corrected chi connectivity index (χ0v) is 16.0. The van der Waals surface area contributed by atoms with Crippen molar-refractivity contribution in [3.8, 4) is 0 Å². The Kier molecular flexibility index (Phi) is 6.77. The summed E-state index contributed by atoms with van der Waals surface area (Å²) in [5.41, 5.74) is 0.663. The topological polar surface area (TPSA) is 92.3 Å². The van der Waals surface area contributed by atoms with Crippen LogP contribution in [0.3, 0.4) is 0 Å². The summed E-state index contributed by atoms with van der Waals surface area (Å²) in [7, 11) is -3.65. The van der Waals surface area contributed by atoms with Crippen LogP contribution in [-0.2, 0) is 14.8 Å². The number of benzene rings is 2. The number of ketones is 1. The molecule has 0 fully saturated rings. The van der Waals surface area contributed by atoms with Crippen LogP contribution in [0.25, 0.3) is 0 Å². The minimum absolute atomic E-state index is 0.172. The fourth-order valence-corrected chi connectivity index (χ4v) is 3.40. The maximum Gasteiger partial charge on any atom is 0.243 e. The van der Waals surface area contributed by atoms with Crippen LogP contribution in [-0.4, -0.2) is 32.9 Å². The fourth-order valence-electron chi connectivity index (χ4n) is 2.21. The average molecular weight is 415 g/mol. The van der Waals surface area contributed by atoms with E-state index in [1.54, 1.807) is 30.3 Å². The molecule has 0 bridgehead atoms. The average Bonchev–Trinajstić information content (AvgIpc) is 2.57. The summed E-state index contributed by atoms with van der Waals surface area (Å²) < 4.78 is 25.4. The zero-order valence-electron chi connectivity index (χ0n) is 13.7. The van der Waals surface area contributed by atoms with Gasteiger partial charge >= 0.3 is 0 Å². The molecule has 0 aromatic heterocycles. The van der Waals surface area contributed by atoms with Crippen molar-refractivity contribution in [2.24, 2.45) is 0 Å². The van der Waals surface area contributed by atoms with E-state index in [-0.39, 0.29) is 17.1 Å². The SMILES string of the molecule is CS(=O)(=O)NC(C(=O)NCC(=O)c1ccc(Cl)cc1Cl)c1ccccc1. The first-order valence-electron chi connectivity index (χ1n) is 7.45. The first-order valence-corrected chi connectivity index (χ1v) is 10.1. The number of carbonyl (C=O) groups excluding carboxylic acids is 2. The third kappa shape index (κ3) is 5.81. The maximum absolute atomic E-state index is 12.5. The van der Waals surface area contributed by atoms with Crippen molar-refractivity contribution in [2.75, 3.05) is 12.8 Å². The molecule has 2 rings (SSSR count). The summed E-state index contributed by atoms with van der Waals surface area (Å²) in [6, 6.07) is 11.6. The Balaban J connectivity index is 2.13. The highest BCUT2D eigenvalue weighted by Crippen LogP contribution is 2.21. The lowest BCUT2D eigenvalue weighted by molar-refractivity contribution is -0.122. The number of sulfonamides is 1. The van der Waals surface area contributed by atoms with Crippen LogP contribution in [0.2, 0.25) is 10.0 Å². The number of hydrogen-bond acceptors (Lipinski definition) is 4. The predicted octanol–water partition coefficient (Wildman–Crippen LogP) is 2.58. The van der Waals surface area contributed by atoms with Crippen LogP contribution in [0.4, 0.5) is 0 Å². The van der Waals surface area contributed by atoms with Gasteiger partial charge in [0.25, 0.3) is 0 Å². The lowest BCUT2D eigenvalue weighted by Gasteiger charge is -2.17. The van der Waals surface area contributed by atoms with Crippen molar-refractivity contribution < 1.29 is 18.0 Å². The van der Waals surface area contributed by atoms with Gasteiger partial charge in [-0.1, -0.05) is 53.5 Å². The van der Waals surface area contributed by atoms with Gasteiger partial charge in [0.05, 0.1) is 17.8 Å². The molecular formula is C17H16Cl2N2O4S. The van der Waals surface area contributed by atoms with Gasteiger partial charge in [-0.05, 0) is 23.8 Å². The largest absolute Gasteiger partial charge is 0.347 e. The van der Waals surface area contributed by atoms with Crippen molar-refractivity contribution in [3.63, 3.8) is 0 Å². The van der Waals surface area contributed by atoms with Crippen molar-refractivity contribution in [1.29, 1.82) is 0 Å². The Hall–Kier alpha value is -1.93. The molecule has 2 aromatic carbocycles. The summed E-state index contributed by atoms with van der Waals surface area (Å²) in [5, 5.41) is 2.99. The first-order chi connectivity index (χ1) is 12.2. The van der Waals surface area contributed by atoms with Gasteiger partial charge in [-0.25, -0.2) is 8.42 Å². The van der Waals surface area contributed by atoms with E-state index >= 15 is 0 Å². The van der Waals surface area contributed by atoms with Gasteiger partial charge in [-0.15, -0.1) is 0 Å². The standard InChI is InChI=1S/C17H16Cl2N2O4S/c1-26(24,25)21-16(11-5-3-2-4-6-11)17(23)20-10-15(22)13-8-7-12(18)9-14(13)19/h2-9,16,21H,10H2,1H3,(H,20,23). The van der Waals surface area contributed by atoms with Gasteiger partial charge in [0.1, 0.15) is 6.04 Å². The number of nitrogens with one attached hydrogen (secondary N) is 2. The Morgan fingerprint density at radius 3 is 2.31 bits per heavy atom. The molecule has 0 radical (unpaired) electrons. The molecule has 0 saturated carbocycles. The summed E-state index contributed by atoms with van der Waals surface area (Å²) in [5.74, 6) is -1.08. The molecule has 0 heterocycles. The molecule has 1 unspecified atom stereocenters. The van der Waals surface area contributed by atoms with Crippen molar-refractivity contribution in [1.82, 2.24) is 10.0 Å². The second-order valence-electron chi connectivity index (χ2n) is 5.50. The van der Waals surface area contributed by atoms with Crippen LogP contribution in [0.1, 0.15) is 22.0 Å². The highest BCUT2D eigenvalue weighted by molar-refractivity contribution is 7.88. The molecule has 138 valence electrons. The lowest BCUT2D eigenvalue weighted by Crippen LogP contribution is -2.41. The molecule has 0 spiro atoms. The van der Waals surface area contributed by atoms with Crippen LogP contribution < -0.4 is 10.0 Å². The second-order valence-corrected chi connectivity index (χ2v) is 8.12. The lowest BCUT2D eigenvalue weighted by atomic mass is 10.1. The van der Waals surface area contributed by atoms with Gasteiger partial charge in [-0.3, -0.25) is 9.59 Å². The molecule has 26 heavy (non-hydrogen) atoms. The molecule has 2 N–H and O–H groups in total. The summed E-state index contributed by atoms with van der Waals surface area (Å²) in [6.07, 6.45) is 0.953. The molecule has 1 atom stereocenters. The maximum atomic E-state index is 12.5. The third-order valence-corrected chi connectivity index (χ3v) is 4.59. The monoisotopic (exact) mass is 414 g/mol. The van der Waals surface area contributed by atoms with E-state index in [2.05, 4.69) is 10.0 Å². The van der Waals surface area contributed by atoms with Gasteiger partial charge < -0.3 is 5.32 Å². The molecular weight excluding hydrogens is 399 g/mol. The van der Waals surface area contributed by atoms with E-state index in [0.717, 1.165) is 6.26 Å². The van der Waals surface area contributed by atoms with Crippen LogP contribution in [0.5, 0.6) is 0 Å². The van der Waals surface area contributed by atoms with Gasteiger partial charge in [0.15, 0.2) is 5.78 Å². The van der Waals surface area contributed by atoms with E-state index in [4.69, 9.17) is 23.2 Å². The number of halogens is 2. The summed E-state index contributed by atoms with van der Waals surface area (Å²) in [6.45, 7) is -0.338. The van der Waals surface area contributed by atoms with Crippen LogP contribution >= 0.6 is 23.2 Å². The number of amides is 1. The third-order valence-electron chi connectivity index (χ3n) is 3.38. The minimum Gasteiger partial charge on any atom is -0.347 e. The van der Waals surface area contributed by atoms with E-state index in [9.17, 15) is 18.0 Å². The predicted molar refractivity (Wildman–Crippen MR) is 101 cm³/mol. The molecule has 6 nitrogen and oxygen atoms in total. The number of Topliss-reactive ketones (excluding diaryl/α,β-unsaturated/α-hetero) is 1. The normalized spacial score (nSPS) is 12.4. The van der Waals surface area contributed by atoms with Crippen molar-refractivity contribution >= 4 is 44.9 Å². The molecule has 0 aliphatic carbocycles. The molecule has 2 aromatic rings. The fraction of sp³-hybridized carbons (Fsp3) is 0.176. The Labute approximate surface area is 161 Å². The highest BCUT2D eigenvalue weighted by atomic mass is 35.5. The van der Waals surface area contributed by atoms with Crippen molar-refractivity contribution in [2.45, 2.75) is 6.04 Å². The van der Waals surface area contributed by atoms with E-state index in [0.29, 0.717) is 10.6 Å². The zero-order chi connectivity index (χ0) is 19.3. The highest BCUT2D eigenvalue weighted by Gasteiger charge is 2.24. The van der Waals surface area contributed by atoms with E-state index in [1.165, 1.54) is 18.2 Å². The summed E-state index contributed by atoms with van der Waals surface area (Å²) in [4.78, 5) is 24.7. The summed E-state index contributed by atoms with van der Waals surface area (Å²) >= 11 is 11.8. The van der Waals surface area contributed by atoms with Crippen LogP contribution in [0.15, 0.2) is 48.5 Å². The van der Waals surface area contributed by atoms with Crippen LogP contribution in [0, 0.1) is 0 Å². The number of hydrogen-bond donors (Lipinski definition) is 2. The van der Waals surface area contributed by atoms with Crippen molar-refractivity contribution in [3.05, 3.63) is 69.7 Å². The molecule has 0 aliphatic rings. The smallest absolute Gasteiger partial charge is 0.243 e. The Morgan fingerprint density at radius 2 is 1.73 bits per heavy atom. The number of carbonyl (C=O) groups is 2. The molecule has 9 heteroatoms. The van der Waals surface area contributed by atoms with E-state index < -0.39 is 27.8 Å². The number of rotatable bonds is 7. The molecule has 1 amide bonds. The van der Waals surface area contributed by atoms with Gasteiger partial charge in [0, 0.05) is 10.6 Å². The molecule has 0 aliphatic heterocycles.